The maximum atomic E-state index is 13.7. The molecule has 0 bridgehead atoms. The fourth-order valence-corrected chi connectivity index (χ4v) is 2.20. The first-order valence-electron chi connectivity index (χ1n) is 6.56. The first-order chi connectivity index (χ1) is 9.72. The van der Waals surface area contributed by atoms with Gasteiger partial charge in [0.05, 0.1) is 17.4 Å². The number of nitrogens with zero attached hydrogens (tertiary/aromatic N) is 1. The Labute approximate surface area is 117 Å². The van der Waals surface area contributed by atoms with Gasteiger partial charge in [-0.3, -0.25) is 4.98 Å². The van der Waals surface area contributed by atoms with Crippen molar-refractivity contribution in [3.8, 4) is 0 Å². The van der Waals surface area contributed by atoms with E-state index in [1.54, 1.807) is 12.3 Å². The molecule has 1 aromatic heterocycles. The van der Waals surface area contributed by atoms with Gasteiger partial charge in [-0.2, -0.15) is 0 Å². The highest BCUT2D eigenvalue weighted by Gasteiger charge is 2.03. The Hall–Kier alpha value is -2.42. The summed E-state index contributed by atoms with van der Waals surface area (Å²) < 4.78 is 13.7. The highest BCUT2D eigenvalue weighted by molar-refractivity contribution is 5.81. The third-order valence-corrected chi connectivity index (χ3v) is 3.27. The van der Waals surface area contributed by atoms with Crippen molar-refractivity contribution >= 4 is 16.6 Å². The first kappa shape index (κ1) is 12.6. The van der Waals surface area contributed by atoms with E-state index in [2.05, 4.69) is 10.3 Å². The van der Waals surface area contributed by atoms with Gasteiger partial charge in [0.15, 0.2) is 0 Å². The van der Waals surface area contributed by atoms with Crippen molar-refractivity contribution in [1.82, 2.24) is 4.98 Å². The molecular formula is C17H15FN2. The standard InChI is InChI=1S/C17H15FN2/c1-12-6-7-16(18)14(8-12)10-19-15-9-13-4-2-3-5-17(13)20-11-15/h2-9,11,19H,10H2,1H3. The van der Waals surface area contributed by atoms with Crippen LogP contribution < -0.4 is 5.32 Å². The summed E-state index contributed by atoms with van der Waals surface area (Å²) in [5.74, 6) is -0.183. The minimum absolute atomic E-state index is 0.183. The van der Waals surface area contributed by atoms with Gasteiger partial charge in [0.1, 0.15) is 5.82 Å². The van der Waals surface area contributed by atoms with Crippen LogP contribution in [0.5, 0.6) is 0 Å². The number of halogens is 1. The van der Waals surface area contributed by atoms with Crippen LogP contribution in [0.2, 0.25) is 0 Å². The molecule has 3 rings (SSSR count). The Bertz CT molecular complexity index is 753. The van der Waals surface area contributed by atoms with Crippen molar-refractivity contribution in [2.24, 2.45) is 0 Å². The molecule has 100 valence electrons. The van der Waals surface area contributed by atoms with Gasteiger partial charge in [0.2, 0.25) is 0 Å². The van der Waals surface area contributed by atoms with Crippen LogP contribution in [0.15, 0.2) is 54.7 Å². The second-order valence-electron chi connectivity index (χ2n) is 4.87. The maximum absolute atomic E-state index is 13.7. The summed E-state index contributed by atoms with van der Waals surface area (Å²) in [5.41, 5.74) is 3.57. The van der Waals surface area contributed by atoms with E-state index in [-0.39, 0.29) is 5.82 Å². The van der Waals surface area contributed by atoms with E-state index in [4.69, 9.17) is 0 Å². The van der Waals surface area contributed by atoms with Crippen LogP contribution in [-0.2, 0) is 6.54 Å². The van der Waals surface area contributed by atoms with Crippen LogP contribution in [0.1, 0.15) is 11.1 Å². The molecule has 0 atom stereocenters. The van der Waals surface area contributed by atoms with Crippen LogP contribution in [0.25, 0.3) is 10.9 Å². The number of fused-ring (bicyclic) bond motifs is 1. The van der Waals surface area contributed by atoms with E-state index in [0.29, 0.717) is 12.1 Å². The van der Waals surface area contributed by atoms with Crippen molar-refractivity contribution < 1.29 is 4.39 Å². The summed E-state index contributed by atoms with van der Waals surface area (Å²) in [6.07, 6.45) is 1.77. The Kier molecular flexibility index (Phi) is 3.33. The van der Waals surface area contributed by atoms with Gasteiger partial charge in [0.25, 0.3) is 0 Å². The summed E-state index contributed by atoms with van der Waals surface area (Å²) in [5, 5.41) is 4.29. The number of nitrogens with one attached hydrogen (secondary N) is 1. The van der Waals surface area contributed by atoms with E-state index in [0.717, 1.165) is 22.2 Å². The van der Waals surface area contributed by atoms with Crippen molar-refractivity contribution in [2.45, 2.75) is 13.5 Å². The molecule has 0 aliphatic rings. The number of aryl methyl sites for hydroxylation is 1. The summed E-state index contributed by atoms with van der Waals surface area (Å²) in [6.45, 7) is 2.41. The first-order valence-corrected chi connectivity index (χ1v) is 6.56. The van der Waals surface area contributed by atoms with Crippen LogP contribution in [0.4, 0.5) is 10.1 Å². The van der Waals surface area contributed by atoms with Crippen molar-refractivity contribution in [1.29, 1.82) is 0 Å². The predicted octanol–water partition coefficient (Wildman–Crippen LogP) is 4.29. The quantitative estimate of drug-likeness (QED) is 0.764. The Balaban J connectivity index is 1.81. The van der Waals surface area contributed by atoms with Gasteiger partial charge in [-0.1, -0.05) is 35.9 Å². The third-order valence-electron chi connectivity index (χ3n) is 3.27. The Morgan fingerprint density at radius 1 is 1.10 bits per heavy atom. The monoisotopic (exact) mass is 266 g/mol. The third kappa shape index (κ3) is 2.62. The number of aromatic nitrogens is 1. The predicted molar refractivity (Wildman–Crippen MR) is 80.2 cm³/mol. The minimum atomic E-state index is -0.183. The molecule has 0 spiro atoms. The molecule has 3 aromatic rings. The largest absolute Gasteiger partial charge is 0.380 e. The van der Waals surface area contributed by atoms with E-state index >= 15 is 0 Å². The van der Waals surface area contributed by atoms with E-state index < -0.39 is 0 Å². The molecule has 0 aliphatic heterocycles. The maximum Gasteiger partial charge on any atom is 0.128 e. The number of anilines is 1. The smallest absolute Gasteiger partial charge is 0.128 e. The molecule has 0 amide bonds. The Morgan fingerprint density at radius 2 is 1.95 bits per heavy atom. The van der Waals surface area contributed by atoms with Crippen molar-refractivity contribution in [3.05, 3.63) is 71.7 Å². The van der Waals surface area contributed by atoms with Gasteiger partial charge in [0, 0.05) is 17.5 Å². The summed E-state index contributed by atoms with van der Waals surface area (Å²) in [7, 11) is 0. The molecule has 2 nitrogen and oxygen atoms in total. The number of hydrogen-bond donors (Lipinski definition) is 1. The van der Waals surface area contributed by atoms with Crippen LogP contribution >= 0.6 is 0 Å². The molecule has 0 saturated heterocycles. The summed E-state index contributed by atoms with van der Waals surface area (Å²) in [6, 6.07) is 15.1. The number of pyridine rings is 1. The van der Waals surface area contributed by atoms with Gasteiger partial charge in [-0.15, -0.1) is 0 Å². The average Bonchev–Trinajstić information content (AvgIpc) is 2.48. The molecule has 0 fully saturated rings. The van der Waals surface area contributed by atoms with Crippen LogP contribution in [0, 0.1) is 12.7 Å². The molecule has 20 heavy (non-hydrogen) atoms. The highest BCUT2D eigenvalue weighted by atomic mass is 19.1. The molecule has 0 radical (unpaired) electrons. The fourth-order valence-electron chi connectivity index (χ4n) is 2.20. The highest BCUT2D eigenvalue weighted by Crippen LogP contribution is 2.17. The lowest BCUT2D eigenvalue weighted by molar-refractivity contribution is 0.612. The Morgan fingerprint density at radius 3 is 2.85 bits per heavy atom. The molecule has 0 saturated carbocycles. The number of rotatable bonds is 3. The molecule has 0 aliphatic carbocycles. The fraction of sp³-hybridized carbons (Fsp3) is 0.118. The van der Waals surface area contributed by atoms with Gasteiger partial charge in [-0.25, -0.2) is 4.39 Å². The zero-order valence-electron chi connectivity index (χ0n) is 11.2. The van der Waals surface area contributed by atoms with E-state index in [9.17, 15) is 4.39 Å². The normalized spacial score (nSPS) is 10.7. The molecule has 1 heterocycles. The summed E-state index contributed by atoms with van der Waals surface area (Å²) >= 11 is 0. The molecule has 3 heteroatoms. The van der Waals surface area contributed by atoms with E-state index in [1.807, 2.05) is 43.3 Å². The summed E-state index contributed by atoms with van der Waals surface area (Å²) in [4.78, 5) is 4.38. The average molecular weight is 266 g/mol. The second-order valence-corrected chi connectivity index (χ2v) is 4.87. The zero-order valence-corrected chi connectivity index (χ0v) is 11.2. The molecule has 1 N–H and O–H groups in total. The lowest BCUT2D eigenvalue weighted by Gasteiger charge is -2.09. The lowest BCUT2D eigenvalue weighted by atomic mass is 10.1. The van der Waals surface area contributed by atoms with Crippen LogP contribution in [-0.4, -0.2) is 4.98 Å². The van der Waals surface area contributed by atoms with Crippen LogP contribution in [0.3, 0.4) is 0 Å². The lowest BCUT2D eigenvalue weighted by Crippen LogP contribution is -2.02. The van der Waals surface area contributed by atoms with Gasteiger partial charge >= 0.3 is 0 Å². The van der Waals surface area contributed by atoms with Gasteiger partial charge in [-0.05, 0) is 25.1 Å². The van der Waals surface area contributed by atoms with Crippen molar-refractivity contribution in [2.75, 3.05) is 5.32 Å². The topological polar surface area (TPSA) is 24.9 Å². The molecule has 2 aromatic carbocycles. The number of benzene rings is 2. The molecule has 0 unspecified atom stereocenters. The number of hydrogen-bond acceptors (Lipinski definition) is 2. The van der Waals surface area contributed by atoms with Crippen molar-refractivity contribution in [3.63, 3.8) is 0 Å². The SMILES string of the molecule is Cc1ccc(F)c(CNc2cnc3ccccc3c2)c1. The molecular weight excluding hydrogens is 251 g/mol. The van der Waals surface area contributed by atoms with E-state index in [1.165, 1.54) is 6.07 Å². The number of para-hydroxylation sites is 1. The minimum Gasteiger partial charge on any atom is -0.380 e. The second kappa shape index (κ2) is 5.29. The zero-order chi connectivity index (χ0) is 13.9. The van der Waals surface area contributed by atoms with Gasteiger partial charge < -0.3 is 5.32 Å².